The van der Waals surface area contributed by atoms with Crippen molar-refractivity contribution in [3.05, 3.63) is 33.3 Å². The van der Waals surface area contributed by atoms with Gasteiger partial charge in [0.05, 0.1) is 15.6 Å². The molecule has 0 aliphatic heterocycles. The van der Waals surface area contributed by atoms with Gasteiger partial charge in [0, 0.05) is 25.2 Å². The van der Waals surface area contributed by atoms with E-state index in [1.165, 1.54) is 17.0 Å². The minimum atomic E-state index is -0.862. The van der Waals surface area contributed by atoms with Crippen molar-refractivity contribution in [3.63, 3.8) is 0 Å². The van der Waals surface area contributed by atoms with Crippen LogP contribution in [0.25, 0.3) is 0 Å². The van der Waals surface area contributed by atoms with E-state index in [9.17, 15) is 19.7 Å². The SMILES string of the molecule is CC(C)CN(CC(C)C)C(=O)C(=O)Nc1cc([N+](=O)[O-])ccc1Cl. The van der Waals surface area contributed by atoms with Crippen molar-refractivity contribution in [3.8, 4) is 0 Å². The number of rotatable bonds is 6. The van der Waals surface area contributed by atoms with Crippen LogP contribution < -0.4 is 5.32 Å². The standard InChI is InChI=1S/C16H22ClN3O4/c1-10(2)8-19(9-11(3)4)16(22)15(21)18-14-7-12(20(23)24)5-6-13(14)17/h5-7,10-11H,8-9H2,1-4H3,(H,18,21). The second kappa shape index (κ2) is 8.63. The molecule has 0 atom stereocenters. The van der Waals surface area contributed by atoms with Crippen LogP contribution in [0, 0.1) is 22.0 Å². The topological polar surface area (TPSA) is 92.6 Å². The zero-order valence-electron chi connectivity index (χ0n) is 14.2. The Kier molecular flexibility index (Phi) is 7.16. The molecule has 1 aromatic carbocycles. The van der Waals surface area contributed by atoms with E-state index < -0.39 is 16.7 Å². The first-order valence-corrected chi connectivity index (χ1v) is 8.03. The van der Waals surface area contributed by atoms with E-state index in [4.69, 9.17) is 11.6 Å². The lowest BCUT2D eigenvalue weighted by Gasteiger charge is -2.25. The molecule has 1 aromatic rings. The highest BCUT2D eigenvalue weighted by Gasteiger charge is 2.24. The third-order valence-electron chi connectivity index (χ3n) is 3.06. The molecule has 0 unspecified atom stereocenters. The van der Waals surface area contributed by atoms with Gasteiger partial charge in [-0.25, -0.2) is 0 Å². The number of halogens is 1. The Labute approximate surface area is 146 Å². The monoisotopic (exact) mass is 355 g/mol. The third-order valence-corrected chi connectivity index (χ3v) is 3.39. The van der Waals surface area contributed by atoms with Crippen molar-refractivity contribution in [1.29, 1.82) is 0 Å². The van der Waals surface area contributed by atoms with E-state index in [1.807, 2.05) is 27.7 Å². The Hall–Kier alpha value is -2.15. The summed E-state index contributed by atoms with van der Waals surface area (Å²) in [6, 6.07) is 3.66. The first-order valence-electron chi connectivity index (χ1n) is 7.66. The van der Waals surface area contributed by atoms with Crippen LogP contribution in [0.1, 0.15) is 27.7 Å². The van der Waals surface area contributed by atoms with Gasteiger partial charge in [-0.05, 0) is 17.9 Å². The molecule has 0 fully saturated rings. The first kappa shape index (κ1) is 19.9. The molecule has 1 rings (SSSR count). The second-order valence-electron chi connectivity index (χ2n) is 6.37. The minimum absolute atomic E-state index is 0.0401. The van der Waals surface area contributed by atoms with Gasteiger partial charge >= 0.3 is 11.8 Å². The van der Waals surface area contributed by atoms with Crippen molar-refractivity contribution >= 4 is 34.8 Å². The quantitative estimate of drug-likeness (QED) is 0.481. The van der Waals surface area contributed by atoms with Gasteiger partial charge in [0.25, 0.3) is 5.69 Å². The summed E-state index contributed by atoms with van der Waals surface area (Å²) in [6.45, 7) is 8.72. The predicted molar refractivity (Wildman–Crippen MR) is 93.0 cm³/mol. The van der Waals surface area contributed by atoms with Gasteiger partial charge in [-0.3, -0.25) is 19.7 Å². The van der Waals surface area contributed by atoms with Crippen molar-refractivity contribution in [2.45, 2.75) is 27.7 Å². The molecule has 0 saturated carbocycles. The number of carbonyl (C=O) groups is 2. The summed E-state index contributed by atoms with van der Waals surface area (Å²) in [5.74, 6) is -1.12. The number of carbonyl (C=O) groups excluding carboxylic acids is 2. The fraction of sp³-hybridized carbons (Fsp3) is 0.500. The number of anilines is 1. The van der Waals surface area contributed by atoms with E-state index in [-0.39, 0.29) is 28.2 Å². The minimum Gasteiger partial charge on any atom is -0.334 e. The largest absolute Gasteiger partial charge is 0.334 e. The number of benzene rings is 1. The zero-order chi connectivity index (χ0) is 18.4. The molecule has 0 bridgehead atoms. The Bertz CT molecular complexity index is 622. The fourth-order valence-corrected chi connectivity index (χ4v) is 2.33. The molecule has 0 radical (unpaired) electrons. The molecular weight excluding hydrogens is 334 g/mol. The molecule has 0 spiro atoms. The second-order valence-corrected chi connectivity index (χ2v) is 6.78. The molecule has 7 nitrogen and oxygen atoms in total. The molecule has 1 N–H and O–H groups in total. The van der Waals surface area contributed by atoms with Gasteiger partial charge in [-0.1, -0.05) is 39.3 Å². The van der Waals surface area contributed by atoms with Gasteiger partial charge < -0.3 is 10.2 Å². The van der Waals surface area contributed by atoms with Gasteiger partial charge in [0.15, 0.2) is 0 Å². The van der Waals surface area contributed by atoms with E-state index >= 15 is 0 Å². The van der Waals surface area contributed by atoms with Crippen molar-refractivity contribution in [1.82, 2.24) is 4.90 Å². The number of non-ortho nitro benzene ring substituents is 1. The van der Waals surface area contributed by atoms with Gasteiger partial charge in [0.2, 0.25) is 0 Å². The van der Waals surface area contributed by atoms with Crippen LogP contribution >= 0.6 is 11.6 Å². The third kappa shape index (κ3) is 5.81. The molecule has 0 aromatic heterocycles. The van der Waals surface area contributed by atoms with Crippen LogP contribution in [-0.2, 0) is 9.59 Å². The van der Waals surface area contributed by atoms with Crippen LogP contribution in [0.4, 0.5) is 11.4 Å². The van der Waals surface area contributed by atoms with E-state index in [2.05, 4.69) is 5.32 Å². The lowest BCUT2D eigenvalue weighted by Crippen LogP contribution is -2.43. The maximum Gasteiger partial charge on any atom is 0.313 e. The number of nitrogens with zero attached hydrogens (tertiary/aromatic N) is 2. The number of amides is 2. The molecule has 0 saturated heterocycles. The molecule has 0 heterocycles. The summed E-state index contributed by atoms with van der Waals surface area (Å²) in [6.07, 6.45) is 0. The molecule has 0 aliphatic rings. The lowest BCUT2D eigenvalue weighted by molar-refractivity contribution is -0.384. The summed E-state index contributed by atoms with van der Waals surface area (Å²) >= 11 is 5.94. The number of nitro benzene ring substituents is 1. The van der Waals surface area contributed by atoms with E-state index in [0.29, 0.717) is 13.1 Å². The number of nitro groups is 1. The molecule has 132 valence electrons. The van der Waals surface area contributed by atoms with E-state index in [0.717, 1.165) is 6.07 Å². The van der Waals surface area contributed by atoms with Crippen molar-refractivity contribution in [2.75, 3.05) is 18.4 Å². The summed E-state index contributed by atoms with van der Waals surface area (Å²) < 4.78 is 0. The molecule has 0 aliphatic carbocycles. The molecule has 8 heteroatoms. The smallest absolute Gasteiger partial charge is 0.313 e. The van der Waals surface area contributed by atoms with Gasteiger partial charge in [0.1, 0.15) is 0 Å². The molecule has 2 amide bonds. The lowest BCUT2D eigenvalue weighted by atomic mass is 10.1. The Morgan fingerprint density at radius 3 is 2.21 bits per heavy atom. The molecular formula is C16H22ClN3O4. The summed E-state index contributed by atoms with van der Waals surface area (Å²) in [5.41, 5.74) is -0.179. The number of hydrogen-bond donors (Lipinski definition) is 1. The number of hydrogen-bond acceptors (Lipinski definition) is 4. The van der Waals surface area contributed by atoms with Crippen LogP contribution in [0.3, 0.4) is 0 Å². The van der Waals surface area contributed by atoms with Crippen molar-refractivity contribution in [2.24, 2.45) is 11.8 Å². The average molecular weight is 356 g/mol. The predicted octanol–water partition coefficient (Wildman–Crippen LogP) is 3.33. The Morgan fingerprint density at radius 1 is 1.21 bits per heavy atom. The van der Waals surface area contributed by atoms with Crippen LogP contribution in [0.15, 0.2) is 18.2 Å². The highest BCUT2D eigenvalue weighted by Crippen LogP contribution is 2.26. The van der Waals surface area contributed by atoms with Crippen LogP contribution in [0.2, 0.25) is 5.02 Å². The molecule has 24 heavy (non-hydrogen) atoms. The van der Waals surface area contributed by atoms with Gasteiger partial charge in [-0.2, -0.15) is 0 Å². The average Bonchev–Trinajstić information content (AvgIpc) is 2.46. The number of nitrogens with one attached hydrogen (secondary N) is 1. The Morgan fingerprint density at radius 2 is 1.75 bits per heavy atom. The highest BCUT2D eigenvalue weighted by molar-refractivity contribution is 6.41. The highest BCUT2D eigenvalue weighted by atomic mass is 35.5. The summed E-state index contributed by atoms with van der Waals surface area (Å²) in [4.78, 5) is 36.3. The Balaban J connectivity index is 2.94. The van der Waals surface area contributed by atoms with Crippen LogP contribution in [-0.4, -0.2) is 34.7 Å². The fourth-order valence-electron chi connectivity index (χ4n) is 2.16. The zero-order valence-corrected chi connectivity index (χ0v) is 15.0. The first-order chi connectivity index (χ1) is 11.1. The normalized spacial score (nSPS) is 10.8. The van der Waals surface area contributed by atoms with E-state index in [1.54, 1.807) is 0 Å². The van der Waals surface area contributed by atoms with Crippen LogP contribution in [0.5, 0.6) is 0 Å². The van der Waals surface area contributed by atoms with Crippen molar-refractivity contribution < 1.29 is 14.5 Å². The maximum absolute atomic E-state index is 12.4. The summed E-state index contributed by atoms with van der Waals surface area (Å²) in [5, 5.41) is 13.3. The summed E-state index contributed by atoms with van der Waals surface area (Å²) in [7, 11) is 0. The maximum atomic E-state index is 12.4. The van der Waals surface area contributed by atoms with Gasteiger partial charge in [-0.15, -0.1) is 0 Å².